The largest absolute Gasteiger partial charge is 0.337 e. The highest BCUT2D eigenvalue weighted by atomic mass is 35.5. The molecule has 138 valence electrons. The van der Waals surface area contributed by atoms with Gasteiger partial charge in [0.1, 0.15) is 5.37 Å². The van der Waals surface area contributed by atoms with Crippen LogP contribution in [0.3, 0.4) is 0 Å². The number of thioether (sulfide) groups is 1. The maximum absolute atomic E-state index is 12.8. The van der Waals surface area contributed by atoms with Gasteiger partial charge in [0.05, 0.1) is 5.25 Å². The third-order valence-corrected chi connectivity index (χ3v) is 6.39. The summed E-state index contributed by atoms with van der Waals surface area (Å²) in [7, 11) is 2.11. The van der Waals surface area contributed by atoms with Gasteiger partial charge >= 0.3 is 0 Å². The van der Waals surface area contributed by atoms with E-state index in [4.69, 9.17) is 11.6 Å². The van der Waals surface area contributed by atoms with E-state index in [-0.39, 0.29) is 16.5 Å². The highest BCUT2D eigenvalue weighted by Crippen LogP contribution is 2.44. The van der Waals surface area contributed by atoms with E-state index in [9.17, 15) is 4.79 Å². The molecular formula is C17H21ClN6OS. The number of carbonyl (C=O) groups excluding carboxylic acids is 1. The Hall–Kier alpha value is -1.77. The Kier molecular flexibility index (Phi) is 4.81. The fourth-order valence-corrected chi connectivity index (χ4v) is 4.58. The standard InChI is InChI=1S/C17H21ClN6OS/c1-11-14(25)24(15(26-11)12-3-5-13(18)6-4-12)17-19-16(20-21-17)23-9-7-22(2)8-10-23/h3-6,11,15H,7-10H2,1-2H3,(H,19,20,21)/t11-,15+/m0/s1. The van der Waals surface area contributed by atoms with Gasteiger partial charge in [-0.3, -0.25) is 9.69 Å². The average molecular weight is 393 g/mol. The molecule has 1 amide bonds. The molecule has 2 aromatic rings. The second-order valence-electron chi connectivity index (χ2n) is 6.64. The summed E-state index contributed by atoms with van der Waals surface area (Å²) in [6.07, 6.45) is 0. The predicted molar refractivity (Wildman–Crippen MR) is 105 cm³/mol. The maximum atomic E-state index is 12.8. The topological polar surface area (TPSA) is 68.4 Å². The van der Waals surface area contributed by atoms with Crippen LogP contribution < -0.4 is 9.80 Å². The molecule has 0 bridgehead atoms. The van der Waals surface area contributed by atoms with E-state index in [1.54, 1.807) is 16.7 Å². The quantitative estimate of drug-likeness (QED) is 0.864. The van der Waals surface area contributed by atoms with Gasteiger partial charge in [-0.25, -0.2) is 5.10 Å². The van der Waals surface area contributed by atoms with Crippen LogP contribution in [0.25, 0.3) is 0 Å². The molecule has 0 saturated carbocycles. The van der Waals surface area contributed by atoms with Gasteiger partial charge in [0.2, 0.25) is 17.8 Å². The van der Waals surface area contributed by atoms with Crippen molar-refractivity contribution in [2.75, 3.05) is 43.0 Å². The summed E-state index contributed by atoms with van der Waals surface area (Å²) < 4.78 is 0. The van der Waals surface area contributed by atoms with Crippen LogP contribution in [0.5, 0.6) is 0 Å². The molecule has 0 spiro atoms. The molecule has 2 aliphatic heterocycles. The summed E-state index contributed by atoms with van der Waals surface area (Å²) in [5.41, 5.74) is 1.02. The fourth-order valence-electron chi connectivity index (χ4n) is 3.19. The molecular weight excluding hydrogens is 372 g/mol. The van der Waals surface area contributed by atoms with E-state index >= 15 is 0 Å². The molecule has 1 aromatic heterocycles. The van der Waals surface area contributed by atoms with Gasteiger partial charge in [0.15, 0.2) is 0 Å². The fraction of sp³-hybridized carbons (Fsp3) is 0.471. The van der Waals surface area contributed by atoms with Gasteiger partial charge < -0.3 is 9.80 Å². The van der Waals surface area contributed by atoms with Crippen molar-refractivity contribution in [3.63, 3.8) is 0 Å². The first-order chi connectivity index (χ1) is 12.5. The molecule has 0 radical (unpaired) electrons. The van der Waals surface area contributed by atoms with Gasteiger partial charge in [-0.05, 0) is 31.7 Å². The number of rotatable bonds is 3. The van der Waals surface area contributed by atoms with Crippen LogP contribution in [0.1, 0.15) is 17.9 Å². The maximum Gasteiger partial charge on any atom is 0.246 e. The molecule has 2 saturated heterocycles. The molecule has 1 aromatic carbocycles. The van der Waals surface area contributed by atoms with Crippen LogP contribution in [-0.2, 0) is 4.79 Å². The predicted octanol–water partition coefficient (Wildman–Crippen LogP) is 2.38. The van der Waals surface area contributed by atoms with Gasteiger partial charge in [-0.2, -0.15) is 4.98 Å². The lowest BCUT2D eigenvalue weighted by atomic mass is 10.2. The molecule has 3 heterocycles. The minimum absolute atomic E-state index is 0.0380. The van der Waals surface area contributed by atoms with Gasteiger partial charge in [0, 0.05) is 31.2 Å². The van der Waals surface area contributed by atoms with Crippen molar-refractivity contribution in [1.29, 1.82) is 0 Å². The Morgan fingerprint density at radius 1 is 1.19 bits per heavy atom. The summed E-state index contributed by atoms with van der Waals surface area (Å²) in [6.45, 7) is 5.65. The SMILES string of the molecule is C[C@@H]1S[C@H](c2ccc(Cl)cc2)N(c2nc(N3CCN(C)CC3)n[nH]2)C1=O. The molecule has 0 unspecified atom stereocenters. The van der Waals surface area contributed by atoms with E-state index < -0.39 is 0 Å². The number of hydrogen-bond acceptors (Lipinski definition) is 6. The number of aromatic amines is 1. The lowest BCUT2D eigenvalue weighted by molar-refractivity contribution is -0.117. The number of amides is 1. The monoisotopic (exact) mass is 392 g/mol. The van der Waals surface area contributed by atoms with Crippen LogP contribution in [-0.4, -0.2) is 64.5 Å². The van der Waals surface area contributed by atoms with Crippen LogP contribution in [0, 0.1) is 0 Å². The number of halogens is 1. The number of carbonyl (C=O) groups is 1. The van der Waals surface area contributed by atoms with Crippen molar-refractivity contribution in [2.45, 2.75) is 17.5 Å². The van der Waals surface area contributed by atoms with Crippen molar-refractivity contribution in [1.82, 2.24) is 20.1 Å². The average Bonchev–Trinajstić information content (AvgIpc) is 3.22. The second-order valence-corrected chi connectivity index (χ2v) is 8.50. The zero-order valence-corrected chi connectivity index (χ0v) is 16.3. The van der Waals surface area contributed by atoms with Gasteiger partial charge in [-0.15, -0.1) is 16.9 Å². The Bertz CT molecular complexity index is 789. The molecule has 9 heteroatoms. The molecule has 7 nitrogen and oxygen atoms in total. The molecule has 2 fully saturated rings. The van der Waals surface area contributed by atoms with Gasteiger partial charge in [-0.1, -0.05) is 23.7 Å². The van der Waals surface area contributed by atoms with E-state index in [1.807, 2.05) is 31.2 Å². The number of piperazine rings is 1. The number of H-pyrrole nitrogens is 1. The highest BCUT2D eigenvalue weighted by molar-refractivity contribution is 8.01. The lowest BCUT2D eigenvalue weighted by Crippen LogP contribution is -2.45. The summed E-state index contributed by atoms with van der Waals surface area (Å²) >= 11 is 7.61. The van der Waals surface area contributed by atoms with E-state index in [0.29, 0.717) is 16.9 Å². The Labute approximate surface area is 161 Å². The van der Waals surface area contributed by atoms with E-state index in [1.165, 1.54) is 0 Å². The summed E-state index contributed by atoms with van der Waals surface area (Å²) in [5.74, 6) is 1.19. The minimum atomic E-state index is -0.136. The second kappa shape index (κ2) is 7.09. The number of nitrogens with zero attached hydrogens (tertiary/aromatic N) is 5. The number of hydrogen-bond donors (Lipinski definition) is 1. The number of aromatic nitrogens is 3. The number of anilines is 2. The molecule has 4 rings (SSSR count). The molecule has 0 aliphatic carbocycles. The normalized spacial score (nSPS) is 24.5. The summed E-state index contributed by atoms with van der Waals surface area (Å²) in [5, 5.41) is 7.74. The van der Waals surface area contributed by atoms with Gasteiger partial charge in [0.25, 0.3) is 0 Å². The smallest absolute Gasteiger partial charge is 0.246 e. The van der Waals surface area contributed by atoms with Crippen molar-refractivity contribution < 1.29 is 4.79 Å². The number of benzene rings is 1. The third-order valence-electron chi connectivity index (χ3n) is 4.78. The van der Waals surface area contributed by atoms with E-state index in [0.717, 1.165) is 31.7 Å². The third kappa shape index (κ3) is 3.28. The minimum Gasteiger partial charge on any atom is -0.337 e. The highest BCUT2D eigenvalue weighted by Gasteiger charge is 2.41. The Morgan fingerprint density at radius 2 is 1.88 bits per heavy atom. The van der Waals surface area contributed by atoms with E-state index in [2.05, 4.69) is 32.0 Å². The first-order valence-corrected chi connectivity index (χ1v) is 9.95. The Morgan fingerprint density at radius 3 is 2.58 bits per heavy atom. The number of nitrogens with one attached hydrogen (secondary N) is 1. The van der Waals surface area contributed by atoms with Crippen molar-refractivity contribution in [3.05, 3.63) is 34.9 Å². The molecule has 2 atom stereocenters. The first kappa shape index (κ1) is 17.6. The van der Waals surface area contributed by atoms with Crippen LogP contribution in [0.15, 0.2) is 24.3 Å². The molecule has 2 aliphatic rings. The van der Waals surface area contributed by atoms with Crippen molar-refractivity contribution >= 4 is 41.2 Å². The summed E-state index contributed by atoms with van der Waals surface area (Å²) in [4.78, 5) is 23.5. The zero-order valence-electron chi connectivity index (χ0n) is 14.7. The van der Waals surface area contributed by atoms with Crippen molar-refractivity contribution in [2.24, 2.45) is 0 Å². The van der Waals surface area contributed by atoms with Crippen molar-refractivity contribution in [3.8, 4) is 0 Å². The zero-order chi connectivity index (χ0) is 18.3. The lowest BCUT2D eigenvalue weighted by Gasteiger charge is -2.31. The van der Waals surface area contributed by atoms with Crippen LogP contribution in [0.2, 0.25) is 5.02 Å². The number of likely N-dealkylation sites (N-methyl/N-ethyl adjacent to an activating group) is 1. The summed E-state index contributed by atoms with van der Waals surface area (Å²) in [6, 6.07) is 7.60. The molecule has 1 N–H and O–H groups in total. The Balaban J connectivity index is 1.60. The van der Waals surface area contributed by atoms with Crippen LogP contribution in [0.4, 0.5) is 11.9 Å². The first-order valence-electron chi connectivity index (χ1n) is 8.63. The molecule has 26 heavy (non-hydrogen) atoms. The van der Waals surface area contributed by atoms with Crippen LogP contribution >= 0.6 is 23.4 Å².